The number of nitrogens with zero attached hydrogens (tertiary/aromatic N) is 3. The van der Waals surface area contributed by atoms with E-state index in [1.165, 1.54) is 16.7 Å². The van der Waals surface area contributed by atoms with Crippen LogP contribution in [-0.4, -0.2) is 53.5 Å². The number of carbonyl (C=O) groups is 1. The highest BCUT2D eigenvalue weighted by molar-refractivity contribution is 5.92. The number of pyridine rings is 1. The van der Waals surface area contributed by atoms with Crippen molar-refractivity contribution in [3.8, 4) is 5.75 Å². The molecular formula is C29H33N3O2. The summed E-state index contributed by atoms with van der Waals surface area (Å²) < 4.78 is 5.66. The van der Waals surface area contributed by atoms with Gasteiger partial charge in [0.2, 0.25) is 0 Å². The van der Waals surface area contributed by atoms with Crippen molar-refractivity contribution >= 4 is 5.91 Å². The average Bonchev–Trinajstić information content (AvgIpc) is 3.36. The molecule has 2 aromatic carbocycles. The first-order valence-electron chi connectivity index (χ1n) is 12.4. The van der Waals surface area contributed by atoms with Crippen LogP contribution >= 0.6 is 0 Å². The van der Waals surface area contributed by atoms with Crippen molar-refractivity contribution in [2.75, 3.05) is 26.7 Å². The number of rotatable bonds is 7. The maximum absolute atomic E-state index is 13.3. The fourth-order valence-corrected chi connectivity index (χ4v) is 5.39. The van der Waals surface area contributed by atoms with Gasteiger partial charge in [0.05, 0.1) is 6.61 Å². The number of carbonyl (C=O) groups excluding carboxylic acids is 1. The molecule has 0 bridgehead atoms. The highest BCUT2D eigenvalue weighted by atomic mass is 16.5. The van der Waals surface area contributed by atoms with Crippen LogP contribution in [0, 0.1) is 5.92 Å². The monoisotopic (exact) mass is 455 g/mol. The van der Waals surface area contributed by atoms with Crippen LogP contribution in [-0.2, 0) is 19.4 Å². The van der Waals surface area contributed by atoms with E-state index >= 15 is 0 Å². The van der Waals surface area contributed by atoms with Gasteiger partial charge < -0.3 is 9.64 Å². The number of aromatic nitrogens is 1. The van der Waals surface area contributed by atoms with E-state index < -0.39 is 0 Å². The molecule has 0 radical (unpaired) electrons. The molecule has 2 aliphatic rings. The zero-order chi connectivity index (χ0) is 23.3. The van der Waals surface area contributed by atoms with Crippen LogP contribution in [0.3, 0.4) is 0 Å². The number of piperidine rings is 1. The quantitative estimate of drug-likeness (QED) is 0.522. The second-order valence-electron chi connectivity index (χ2n) is 9.54. The number of hydrogen-bond donors (Lipinski definition) is 0. The maximum Gasteiger partial charge on any atom is 0.272 e. The molecule has 2 aliphatic heterocycles. The summed E-state index contributed by atoms with van der Waals surface area (Å²) in [4.78, 5) is 22.1. The van der Waals surface area contributed by atoms with Gasteiger partial charge in [-0.25, -0.2) is 0 Å². The minimum Gasteiger partial charge on any atom is -0.493 e. The van der Waals surface area contributed by atoms with Crippen LogP contribution in [0.4, 0.5) is 0 Å². The number of likely N-dealkylation sites (tertiary alicyclic amines) is 1. The van der Waals surface area contributed by atoms with E-state index in [0.717, 1.165) is 57.7 Å². The van der Waals surface area contributed by atoms with Gasteiger partial charge in [0, 0.05) is 32.3 Å². The fourth-order valence-electron chi connectivity index (χ4n) is 5.39. The van der Waals surface area contributed by atoms with Gasteiger partial charge in [-0.3, -0.25) is 14.7 Å². The highest BCUT2D eigenvalue weighted by Gasteiger charge is 2.32. The number of amides is 1. The second-order valence-corrected chi connectivity index (χ2v) is 9.54. The number of hydrogen-bond acceptors (Lipinski definition) is 4. The van der Waals surface area contributed by atoms with Crippen molar-refractivity contribution in [2.24, 2.45) is 5.92 Å². The van der Waals surface area contributed by atoms with E-state index in [4.69, 9.17) is 4.74 Å². The largest absolute Gasteiger partial charge is 0.493 e. The zero-order valence-electron chi connectivity index (χ0n) is 19.9. The summed E-state index contributed by atoms with van der Waals surface area (Å²) in [6.07, 6.45) is 5.75. The van der Waals surface area contributed by atoms with Gasteiger partial charge in [0.15, 0.2) is 0 Å². The molecule has 0 aliphatic carbocycles. The van der Waals surface area contributed by atoms with Gasteiger partial charge in [0.25, 0.3) is 5.91 Å². The van der Waals surface area contributed by atoms with Gasteiger partial charge in [-0.05, 0) is 73.2 Å². The highest BCUT2D eigenvalue weighted by Crippen LogP contribution is 2.30. The van der Waals surface area contributed by atoms with E-state index in [1.54, 1.807) is 6.20 Å². The Morgan fingerprint density at radius 3 is 2.62 bits per heavy atom. The van der Waals surface area contributed by atoms with Crippen LogP contribution < -0.4 is 4.74 Å². The summed E-state index contributed by atoms with van der Waals surface area (Å²) in [5.74, 6) is 1.51. The first kappa shape index (κ1) is 22.6. The Morgan fingerprint density at radius 1 is 1.06 bits per heavy atom. The number of fused-ring (bicyclic) bond motifs is 1. The first-order chi connectivity index (χ1) is 16.7. The Labute approximate surface area is 202 Å². The number of likely N-dealkylation sites (N-methyl/N-ethyl adjacent to an activating group) is 1. The summed E-state index contributed by atoms with van der Waals surface area (Å²) in [5, 5.41) is 0. The van der Waals surface area contributed by atoms with Crippen LogP contribution in [0.1, 0.15) is 40.0 Å². The molecule has 1 saturated heterocycles. The summed E-state index contributed by atoms with van der Waals surface area (Å²) in [5.41, 5.74) is 4.49. The van der Waals surface area contributed by atoms with Crippen molar-refractivity contribution in [1.29, 1.82) is 0 Å². The van der Waals surface area contributed by atoms with Crippen molar-refractivity contribution < 1.29 is 9.53 Å². The standard InChI is InChI=1S/C29H33N3O2/c1-31(29(33)26-9-5-6-15-30-26)27(20-22-7-3-2-4-8-22)24-12-16-32(17-13-24)21-23-10-11-28-25(19-23)14-18-34-28/h2-11,15,19,24,27H,12-14,16-18,20-21H2,1H3/t27-/m1/s1. The van der Waals surface area contributed by atoms with E-state index in [9.17, 15) is 4.79 Å². The summed E-state index contributed by atoms with van der Waals surface area (Å²) in [6, 6.07) is 22.9. The molecule has 0 spiro atoms. The summed E-state index contributed by atoms with van der Waals surface area (Å²) >= 11 is 0. The van der Waals surface area contributed by atoms with Crippen LogP contribution in [0.25, 0.3) is 0 Å². The third-order valence-electron chi connectivity index (χ3n) is 7.33. The molecular weight excluding hydrogens is 422 g/mol. The van der Waals surface area contributed by atoms with E-state index in [2.05, 4.69) is 52.3 Å². The molecule has 176 valence electrons. The molecule has 1 atom stereocenters. The van der Waals surface area contributed by atoms with Crippen molar-refractivity contribution in [1.82, 2.24) is 14.8 Å². The minimum absolute atomic E-state index is 0.00400. The van der Waals surface area contributed by atoms with Crippen molar-refractivity contribution in [3.63, 3.8) is 0 Å². The second kappa shape index (κ2) is 10.4. The third-order valence-corrected chi connectivity index (χ3v) is 7.33. The van der Waals surface area contributed by atoms with E-state index in [0.29, 0.717) is 11.6 Å². The smallest absolute Gasteiger partial charge is 0.272 e. The lowest BCUT2D eigenvalue weighted by molar-refractivity contribution is 0.0579. The zero-order valence-corrected chi connectivity index (χ0v) is 19.9. The normalized spacial score (nSPS) is 17.1. The minimum atomic E-state index is 0.00400. The molecule has 3 heterocycles. The van der Waals surface area contributed by atoms with Crippen LogP contribution in [0.2, 0.25) is 0 Å². The SMILES string of the molecule is CN(C(=O)c1ccccn1)[C@H](Cc1ccccc1)C1CCN(Cc2ccc3c(c2)CCO3)CC1. The fraction of sp³-hybridized carbons (Fsp3) is 0.379. The molecule has 3 aromatic rings. The molecule has 1 amide bonds. The van der Waals surface area contributed by atoms with Crippen molar-refractivity contribution in [2.45, 2.75) is 38.3 Å². The predicted octanol–water partition coefficient (Wildman–Crippen LogP) is 4.61. The predicted molar refractivity (Wildman–Crippen MR) is 134 cm³/mol. The van der Waals surface area contributed by atoms with Crippen LogP contribution in [0.15, 0.2) is 72.9 Å². The molecule has 0 N–H and O–H groups in total. The Bertz CT molecular complexity index is 1090. The number of ether oxygens (including phenoxy) is 1. The van der Waals surface area contributed by atoms with E-state index in [1.807, 2.05) is 36.2 Å². The lowest BCUT2D eigenvalue weighted by Gasteiger charge is -2.40. The van der Waals surface area contributed by atoms with Crippen LogP contribution in [0.5, 0.6) is 5.75 Å². The van der Waals surface area contributed by atoms with Gasteiger partial charge >= 0.3 is 0 Å². The average molecular weight is 456 g/mol. The van der Waals surface area contributed by atoms with E-state index in [-0.39, 0.29) is 11.9 Å². The Kier molecular flexibility index (Phi) is 6.91. The molecule has 1 fully saturated rings. The first-order valence-corrected chi connectivity index (χ1v) is 12.4. The maximum atomic E-state index is 13.3. The number of benzene rings is 2. The molecule has 34 heavy (non-hydrogen) atoms. The Hall–Kier alpha value is -3.18. The van der Waals surface area contributed by atoms with Gasteiger partial charge in [-0.15, -0.1) is 0 Å². The molecule has 1 aromatic heterocycles. The molecule has 0 saturated carbocycles. The lowest BCUT2D eigenvalue weighted by atomic mass is 9.84. The topological polar surface area (TPSA) is 45.7 Å². The molecule has 5 heteroatoms. The third kappa shape index (κ3) is 5.15. The molecule has 5 nitrogen and oxygen atoms in total. The summed E-state index contributed by atoms with van der Waals surface area (Å²) in [6.45, 7) is 3.88. The van der Waals surface area contributed by atoms with Gasteiger partial charge in [-0.2, -0.15) is 0 Å². The molecule has 0 unspecified atom stereocenters. The van der Waals surface area contributed by atoms with Gasteiger partial charge in [-0.1, -0.05) is 48.5 Å². The summed E-state index contributed by atoms with van der Waals surface area (Å²) in [7, 11) is 1.95. The van der Waals surface area contributed by atoms with Gasteiger partial charge in [0.1, 0.15) is 11.4 Å². The molecule has 5 rings (SSSR count). The Morgan fingerprint density at radius 2 is 1.85 bits per heavy atom. The van der Waals surface area contributed by atoms with Crippen molar-refractivity contribution in [3.05, 3.63) is 95.3 Å². The lowest BCUT2D eigenvalue weighted by Crippen LogP contribution is -2.47. The Balaban J connectivity index is 1.26.